The van der Waals surface area contributed by atoms with E-state index in [1.54, 1.807) is 33.5 Å². The Labute approximate surface area is 229 Å². The van der Waals surface area contributed by atoms with Gasteiger partial charge >= 0.3 is 0 Å². The lowest BCUT2D eigenvalue weighted by Gasteiger charge is -2.20. The zero-order valence-electron chi connectivity index (χ0n) is 23.6. The number of methoxy groups -OCH3 is 3. The molecule has 2 aromatic rings. The molecule has 3 N–H and O–H groups in total. The second-order valence-corrected chi connectivity index (χ2v) is 10.7. The molecule has 0 saturated heterocycles. The molecule has 9 heteroatoms. The lowest BCUT2D eigenvalue weighted by molar-refractivity contribution is -0.122. The smallest absolute Gasteiger partial charge is 0.242 e. The first-order valence-corrected chi connectivity index (χ1v) is 13.5. The third-order valence-corrected chi connectivity index (χ3v) is 7.19. The van der Waals surface area contributed by atoms with Crippen LogP contribution in [0.25, 0.3) is 11.1 Å². The second-order valence-electron chi connectivity index (χ2n) is 10.7. The van der Waals surface area contributed by atoms with Gasteiger partial charge < -0.3 is 30.2 Å². The normalized spacial score (nSPS) is 16.7. The van der Waals surface area contributed by atoms with Crippen molar-refractivity contribution in [3.63, 3.8) is 0 Å². The van der Waals surface area contributed by atoms with Gasteiger partial charge in [0.1, 0.15) is 6.04 Å². The van der Waals surface area contributed by atoms with Crippen molar-refractivity contribution in [3.8, 4) is 28.4 Å². The van der Waals surface area contributed by atoms with Crippen molar-refractivity contribution >= 4 is 17.5 Å². The summed E-state index contributed by atoms with van der Waals surface area (Å²) in [7, 11) is 4.69. The summed E-state index contributed by atoms with van der Waals surface area (Å²) in [5, 5.41) is 9.30. The summed E-state index contributed by atoms with van der Waals surface area (Å²) in [6.07, 6.45) is 3.75. The van der Waals surface area contributed by atoms with E-state index in [1.807, 2.05) is 26.0 Å². The van der Waals surface area contributed by atoms with Crippen LogP contribution in [0.3, 0.4) is 0 Å². The van der Waals surface area contributed by atoms with Gasteiger partial charge in [0, 0.05) is 18.5 Å². The molecule has 9 nitrogen and oxygen atoms in total. The molecule has 1 fully saturated rings. The van der Waals surface area contributed by atoms with E-state index in [-0.39, 0.29) is 29.2 Å². The van der Waals surface area contributed by atoms with Crippen molar-refractivity contribution in [2.24, 2.45) is 5.92 Å². The second kappa shape index (κ2) is 12.0. The molecule has 0 heterocycles. The maximum absolute atomic E-state index is 13.6. The predicted octanol–water partition coefficient (Wildman–Crippen LogP) is 3.97. The third kappa shape index (κ3) is 6.29. The van der Waals surface area contributed by atoms with Crippen molar-refractivity contribution in [2.75, 3.05) is 26.6 Å². The van der Waals surface area contributed by atoms with E-state index in [2.05, 4.69) is 16.0 Å². The van der Waals surface area contributed by atoms with Crippen molar-refractivity contribution in [1.29, 1.82) is 0 Å². The fourth-order valence-corrected chi connectivity index (χ4v) is 5.25. The number of fused-ring (bicyclic) bond motifs is 3. The third-order valence-electron chi connectivity index (χ3n) is 7.19. The molecule has 0 spiro atoms. The number of hydrogen-bond donors (Lipinski definition) is 3. The first kappa shape index (κ1) is 28.3. The van der Waals surface area contributed by atoms with Crippen LogP contribution < -0.4 is 35.6 Å². The Balaban J connectivity index is 1.88. The Morgan fingerprint density at radius 1 is 0.974 bits per heavy atom. The molecule has 1 saturated carbocycles. The fraction of sp³-hybridized carbons (Fsp3) is 0.500. The van der Waals surface area contributed by atoms with Gasteiger partial charge in [0.05, 0.1) is 33.1 Å². The van der Waals surface area contributed by atoms with Gasteiger partial charge in [-0.1, -0.05) is 19.9 Å². The average molecular weight is 538 g/mol. The van der Waals surface area contributed by atoms with E-state index in [9.17, 15) is 14.4 Å². The molecule has 2 atom stereocenters. The first-order chi connectivity index (χ1) is 18.7. The molecule has 0 aliphatic heterocycles. The van der Waals surface area contributed by atoms with E-state index < -0.39 is 12.1 Å². The monoisotopic (exact) mass is 537 g/mol. The molecule has 210 valence electrons. The Morgan fingerprint density at radius 3 is 2.28 bits per heavy atom. The van der Waals surface area contributed by atoms with Crippen LogP contribution in [0, 0.1) is 5.92 Å². The maximum atomic E-state index is 13.6. The number of ether oxygens (including phenoxy) is 3. The minimum atomic E-state index is -0.544. The average Bonchev–Trinajstić information content (AvgIpc) is 3.73. The van der Waals surface area contributed by atoms with Crippen molar-refractivity contribution in [1.82, 2.24) is 10.6 Å². The summed E-state index contributed by atoms with van der Waals surface area (Å²) in [6.45, 7) is 5.56. The Kier molecular flexibility index (Phi) is 8.67. The predicted molar refractivity (Wildman–Crippen MR) is 151 cm³/mol. The van der Waals surface area contributed by atoms with E-state index >= 15 is 0 Å². The van der Waals surface area contributed by atoms with Gasteiger partial charge in [0.15, 0.2) is 11.5 Å². The van der Waals surface area contributed by atoms with Gasteiger partial charge in [-0.05, 0) is 72.9 Å². The van der Waals surface area contributed by atoms with Crippen LogP contribution in [-0.4, -0.2) is 45.2 Å². The molecular weight excluding hydrogens is 498 g/mol. The van der Waals surface area contributed by atoms with Crippen molar-refractivity contribution in [3.05, 3.63) is 45.6 Å². The Morgan fingerprint density at radius 2 is 1.69 bits per heavy atom. The summed E-state index contributed by atoms with van der Waals surface area (Å²) >= 11 is 0. The van der Waals surface area contributed by atoms with Gasteiger partial charge in [-0.15, -0.1) is 0 Å². The van der Waals surface area contributed by atoms with Crippen LogP contribution in [0.1, 0.15) is 63.6 Å². The van der Waals surface area contributed by atoms with Crippen molar-refractivity contribution < 1.29 is 23.8 Å². The summed E-state index contributed by atoms with van der Waals surface area (Å²) < 4.78 is 17.1. The number of amides is 2. The number of carbonyl (C=O) groups excluding carboxylic acids is 2. The molecule has 0 aromatic heterocycles. The summed E-state index contributed by atoms with van der Waals surface area (Å²) in [4.78, 5) is 38.8. The lowest BCUT2D eigenvalue weighted by Crippen LogP contribution is -2.42. The number of aryl methyl sites for hydroxylation is 1. The van der Waals surface area contributed by atoms with Crippen LogP contribution in [0.5, 0.6) is 17.2 Å². The van der Waals surface area contributed by atoms with Crippen LogP contribution in [0.15, 0.2) is 29.1 Å². The Hall–Kier alpha value is -3.75. The van der Waals surface area contributed by atoms with Crippen LogP contribution in [0.4, 0.5) is 5.69 Å². The highest BCUT2D eigenvalue weighted by atomic mass is 16.5. The largest absolute Gasteiger partial charge is 0.493 e. The summed E-state index contributed by atoms with van der Waals surface area (Å²) in [5.41, 5.74) is 3.21. The zero-order valence-corrected chi connectivity index (χ0v) is 23.6. The van der Waals surface area contributed by atoms with Gasteiger partial charge in [-0.25, -0.2) is 0 Å². The van der Waals surface area contributed by atoms with E-state index in [4.69, 9.17) is 14.2 Å². The molecule has 4 rings (SSSR count). The molecule has 2 aromatic carbocycles. The minimum Gasteiger partial charge on any atom is -0.493 e. The molecular formula is C30H39N3O6. The quantitative estimate of drug-likeness (QED) is 0.420. The fourth-order valence-electron chi connectivity index (χ4n) is 5.25. The topological polar surface area (TPSA) is 115 Å². The highest BCUT2D eigenvalue weighted by molar-refractivity contribution is 5.86. The lowest BCUT2D eigenvalue weighted by atomic mass is 9.95. The van der Waals surface area contributed by atoms with Gasteiger partial charge in [0.2, 0.25) is 23.0 Å². The van der Waals surface area contributed by atoms with E-state index in [0.29, 0.717) is 47.8 Å². The van der Waals surface area contributed by atoms with E-state index in [1.165, 1.54) is 6.92 Å². The number of anilines is 1. The first-order valence-electron chi connectivity index (χ1n) is 13.5. The van der Waals surface area contributed by atoms with Gasteiger partial charge in [-0.2, -0.15) is 0 Å². The van der Waals surface area contributed by atoms with Gasteiger partial charge in [-0.3, -0.25) is 14.4 Å². The Bertz CT molecular complexity index is 1300. The number of hydrogen-bond acceptors (Lipinski definition) is 7. The van der Waals surface area contributed by atoms with E-state index in [0.717, 1.165) is 29.5 Å². The highest BCUT2D eigenvalue weighted by Crippen LogP contribution is 2.50. The van der Waals surface area contributed by atoms with Crippen LogP contribution in [-0.2, 0) is 16.0 Å². The van der Waals surface area contributed by atoms with Crippen LogP contribution >= 0.6 is 0 Å². The summed E-state index contributed by atoms with van der Waals surface area (Å²) in [5.74, 6) is 1.44. The zero-order chi connectivity index (χ0) is 28.3. The summed E-state index contributed by atoms with van der Waals surface area (Å²) in [6, 6.07) is 6.34. The SMILES string of the molecule is COc1cc2c(c(OC)c1OC)-c1ccc(N[C@@H](CC(C)C)C(=O)NC3CC3)c(=O)cc1[C@@H](NC(C)=O)CC2. The molecule has 2 aliphatic carbocycles. The van der Waals surface area contributed by atoms with Gasteiger partial charge in [0.25, 0.3) is 0 Å². The molecule has 2 aliphatic rings. The maximum Gasteiger partial charge on any atom is 0.242 e. The molecule has 0 radical (unpaired) electrons. The molecule has 2 amide bonds. The standard InChI is InChI=1S/C30H39N3O6/c1-16(2)13-24(30(36)32-19-8-9-19)33-23-12-10-20-21(15-25(23)35)22(31-17(3)34)11-7-18-14-26(37-4)28(38-5)29(39-6)27(18)20/h10,12,14-16,19,22,24H,7-9,11,13H2,1-6H3,(H,31,34)(H,32,36)(H,33,35)/t22-,24-/m0/s1. The van der Waals surface area contributed by atoms with Crippen LogP contribution in [0.2, 0.25) is 0 Å². The minimum absolute atomic E-state index is 0.0985. The number of carbonyl (C=O) groups is 2. The number of nitrogens with one attached hydrogen (secondary N) is 3. The highest BCUT2D eigenvalue weighted by Gasteiger charge is 2.31. The molecule has 39 heavy (non-hydrogen) atoms. The molecule has 0 unspecified atom stereocenters. The molecule has 0 bridgehead atoms. The number of rotatable bonds is 10. The van der Waals surface area contributed by atoms with Crippen molar-refractivity contribution in [2.45, 2.75) is 71.0 Å². The number of benzene rings is 1.